The van der Waals surface area contributed by atoms with E-state index in [1.165, 1.54) is 0 Å². The molecule has 3 nitrogen and oxygen atoms in total. The van der Waals surface area contributed by atoms with Crippen LogP contribution >= 0.6 is 0 Å². The second-order valence-electron chi connectivity index (χ2n) is 2.31. The predicted molar refractivity (Wildman–Crippen MR) is 70.2 cm³/mol. The fourth-order valence-corrected chi connectivity index (χ4v) is 0.849. The number of nitrogens with two attached hydrogens (primary N) is 1. The maximum atomic E-state index is 5.28. The zero-order valence-corrected chi connectivity index (χ0v) is 11.1. The second-order valence-corrected chi connectivity index (χ2v) is 2.31. The molecule has 0 fully saturated rings. The molecule has 0 atom stereocenters. The highest BCUT2D eigenvalue weighted by Gasteiger charge is 1.92. The van der Waals surface area contributed by atoms with Crippen LogP contribution in [0.25, 0.3) is 0 Å². The molecule has 0 radical (unpaired) electrons. The molecule has 0 saturated carbocycles. The van der Waals surface area contributed by atoms with E-state index in [4.69, 9.17) is 15.2 Å². The summed E-state index contributed by atoms with van der Waals surface area (Å²) in [6.45, 7) is 9.08. The lowest BCUT2D eigenvalue weighted by Crippen LogP contribution is -2.10. The average Bonchev–Trinajstić information content (AvgIpc) is 2.41. The monoisotopic (exact) mass is 227 g/mol. The summed E-state index contributed by atoms with van der Waals surface area (Å²) in [5, 5.41) is 0. The van der Waals surface area contributed by atoms with Crippen LogP contribution in [0, 0.1) is 0 Å². The van der Waals surface area contributed by atoms with E-state index in [9.17, 15) is 0 Å². The van der Waals surface area contributed by atoms with Crippen molar-refractivity contribution in [1.82, 2.24) is 0 Å². The minimum atomic E-state index is 0.534. The van der Waals surface area contributed by atoms with Crippen molar-refractivity contribution in [1.29, 1.82) is 0 Å². The fourth-order valence-electron chi connectivity index (χ4n) is 0.849. The molecule has 0 aliphatic heterocycles. The topological polar surface area (TPSA) is 44.5 Å². The Labute approximate surface area is 99.6 Å². The van der Waals surface area contributed by atoms with Gasteiger partial charge in [-0.3, -0.25) is 0 Å². The summed E-state index contributed by atoms with van der Waals surface area (Å²) in [6.07, 6.45) is 0. The normalized spacial score (nSPS) is 7.88. The molecule has 1 rings (SSSR count). The van der Waals surface area contributed by atoms with E-state index >= 15 is 0 Å². The van der Waals surface area contributed by atoms with Gasteiger partial charge in [-0.05, 0) is 24.3 Å². The molecular weight excluding hydrogens is 202 g/mol. The van der Waals surface area contributed by atoms with Gasteiger partial charge in [0.2, 0.25) is 0 Å². The van der Waals surface area contributed by atoms with Gasteiger partial charge in [-0.15, -0.1) is 0 Å². The third-order valence-corrected chi connectivity index (χ3v) is 1.45. The van der Waals surface area contributed by atoms with Gasteiger partial charge < -0.3 is 15.2 Å². The van der Waals surface area contributed by atoms with Crippen molar-refractivity contribution in [2.75, 3.05) is 20.3 Å². The molecule has 2 N–H and O–H groups in total. The molecule has 0 saturated heterocycles. The van der Waals surface area contributed by atoms with Crippen LogP contribution in [0.15, 0.2) is 24.3 Å². The summed E-state index contributed by atoms with van der Waals surface area (Å²) in [6, 6.07) is 7.42. The van der Waals surface area contributed by atoms with E-state index in [2.05, 4.69) is 0 Å². The maximum Gasteiger partial charge on any atom is 0.119 e. The van der Waals surface area contributed by atoms with Gasteiger partial charge in [0.25, 0.3) is 0 Å². The number of benzene rings is 1. The lowest BCUT2D eigenvalue weighted by Gasteiger charge is -2.04. The van der Waals surface area contributed by atoms with E-state index in [0.717, 1.165) is 11.5 Å². The van der Waals surface area contributed by atoms with Crippen molar-refractivity contribution in [3.63, 3.8) is 0 Å². The summed E-state index contributed by atoms with van der Waals surface area (Å²) in [5.41, 5.74) is 5.28. The first kappa shape index (κ1) is 17.2. The summed E-state index contributed by atoms with van der Waals surface area (Å²) >= 11 is 0. The highest BCUT2D eigenvalue weighted by atomic mass is 16.5. The Morgan fingerprint density at radius 3 is 1.75 bits per heavy atom. The van der Waals surface area contributed by atoms with E-state index in [-0.39, 0.29) is 0 Å². The van der Waals surface area contributed by atoms with Crippen molar-refractivity contribution in [3.05, 3.63) is 24.3 Å². The van der Waals surface area contributed by atoms with Crippen molar-refractivity contribution in [2.45, 2.75) is 27.7 Å². The fraction of sp³-hybridized carbons (Fsp3) is 0.538. The number of ether oxygens (including phenoxy) is 2. The third-order valence-electron chi connectivity index (χ3n) is 1.45. The number of hydrogen-bond donors (Lipinski definition) is 1. The average molecular weight is 227 g/mol. The van der Waals surface area contributed by atoms with Crippen LogP contribution in [-0.4, -0.2) is 20.3 Å². The quantitative estimate of drug-likeness (QED) is 0.859. The van der Waals surface area contributed by atoms with Gasteiger partial charge in [0.05, 0.1) is 7.11 Å². The van der Waals surface area contributed by atoms with Crippen LogP contribution in [0.4, 0.5) is 0 Å². The molecule has 0 spiro atoms. The van der Waals surface area contributed by atoms with Crippen LogP contribution < -0.4 is 15.2 Å². The van der Waals surface area contributed by atoms with E-state index in [1.54, 1.807) is 7.11 Å². The highest BCUT2D eigenvalue weighted by Crippen LogP contribution is 2.16. The first-order chi connectivity index (χ1) is 7.86. The van der Waals surface area contributed by atoms with Gasteiger partial charge in [-0.25, -0.2) is 0 Å². The Morgan fingerprint density at radius 1 is 0.938 bits per heavy atom. The second kappa shape index (κ2) is 13.8. The Kier molecular flexibility index (Phi) is 14.8. The molecule has 3 heteroatoms. The summed E-state index contributed by atoms with van der Waals surface area (Å²) in [5.74, 6) is 1.65. The van der Waals surface area contributed by atoms with Gasteiger partial charge in [-0.1, -0.05) is 27.7 Å². The van der Waals surface area contributed by atoms with E-state index in [0.29, 0.717) is 13.2 Å². The molecule has 16 heavy (non-hydrogen) atoms. The Balaban J connectivity index is 0. The zero-order valence-electron chi connectivity index (χ0n) is 11.1. The van der Waals surface area contributed by atoms with E-state index in [1.807, 2.05) is 52.0 Å². The summed E-state index contributed by atoms with van der Waals surface area (Å²) < 4.78 is 10.3. The standard InChI is InChI=1S/C9H13NO2.2C2H6/c1-11-8-2-4-9(5-3-8)12-7-6-10;2*1-2/h2-5H,6-7,10H2,1H3;2*1-2H3. The number of rotatable bonds is 4. The molecule has 0 aliphatic rings. The Morgan fingerprint density at radius 2 is 1.38 bits per heavy atom. The molecule has 0 amide bonds. The first-order valence-corrected chi connectivity index (χ1v) is 5.83. The summed E-state index contributed by atoms with van der Waals surface area (Å²) in [4.78, 5) is 0. The molecule has 0 aromatic heterocycles. The highest BCUT2D eigenvalue weighted by molar-refractivity contribution is 5.31. The Bertz CT molecular complexity index is 222. The van der Waals surface area contributed by atoms with Crippen molar-refractivity contribution >= 4 is 0 Å². The minimum absolute atomic E-state index is 0.534. The van der Waals surface area contributed by atoms with Crippen molar-refractivity contribution < 1.29 is 9.47 Å². The molecule has 1 aromatic rings. The maximum absolute atomic E-state index is 5.28. The SMILES string of the molecule is CC.CC.COc1ccc(OCCN)cc1. The number of methoxy groups -OCH3 is 1. The van der Waals surface area contributed by atoms with Crippen LogP contribution in [0.2, 0.25) is 0 Å². The molecule has 1 aromatic carbocycles. The zero-order chi connectivity index (χ0) is 12.8. The van der Waals surface area contributed by atoms with Crippen molar-refractivity contribution in [3.8, 4) is 11.5 Å². The lowest BCUT2D eigenvalue weighted by molar-refractivity contribution is 0.327. The molecule has 0 unspecified atom stereocenters. The predicted octanol–water partition coefficient (Wildman–Crippen LogP) is 3.09. The van der Waals surface area contributed by atoms with Gasteiger partial charge in [-0.2, -0.15) is 0 Å². The van der Waals surface area contributed by atoms with Gasteiger partial charge in [0.1, 0.15) is 18.1 Å². The number of hydrogen-bond acceptors (Lipinski definition) is 3. The van der Waals surface area contributed by atoms with Crippen LogP contribution in [-0.2, 0) is 0 Å². The van der Waals surface area contributed by atoms with Gasteiger partial charge >= 0.3 is 0 Å². The molecule has 0 bridgehead atoms. The smallest absolute Gasteiger partial charge is 0.119 e. The van der Waals surface area contributed by atoms with Gasteiger partial charge in [0, 0.05) is 6.54 Å². The molecule has 0 heterocycles. The summed E-state index contributed by atoms with van der Waals surface area (Å²) in [7, 11) is 1.63. The van der Waals surface area contributed by atoms with Crippen LogP contribution in [0.3, 0.4) is 0 Å². The lowest BCUT2D eigenvalue weighted by atomic mass is 10.3. The van der Waals surface area contributed by atoms with Gasteiger partial charge in [0.15, 0.2) is 0 Å². The minimum Gasteiger partial charge on any atom is -0.497 e. The van der Waals surface area contributed by atoms with E-state index < -0.39 is 0 Å². The molecule has 94 valence electrons. The molecular formula is C13H25NO2. The van der Waals surface area contributed by atoms with Crippen molar-refractivity contribution in [2.24, 2.45) is 5.73 Å². The third kappa shape index (κ3) is 8.12. The first-order valence-electron chi connectivity index (χ1n) is 5.83. The van der Waals surface area contributed by atoms with Crippen LogP contribution in [0.5, 0.6) is 11.5 Å². The molecule has 0 aliphatic carbocycles. The van der Waals surface area contributed by atoms with Crippen LogP contribution in [0.1, 0.15) is 27.7 Å². The Hall–Kier alpha value is -1.22. The largest absolute Gasteiger partial charge is 0.497 e.